The Morgan fingerprint density at radius 2 is 2.12 bits per heavy atom. The zero-order chi connectivity index (χ0) is 24.5. The number of benzene rings is 2. The molecule has 1 heterocycles. The van der Waals surface area contributed by atoms with Crippen molar-refractivity contribution in [3.63, 3.8) is 0 Å². The molecule has 184 valence electrons. The van der Waals surface area contributed by atoms with Crippen molar-refractivity contribution < 1.29 is 19.4 Å². The van der Waals surface area contributed by atoms with E-state index in [0.717, 1.165) is 66.2 Å². The van der Waals surface area contributed by atoms with Crippen LogP contribution in [0.25, 0.3) is 0 Å². The van der Waals surface area contributed by atoms with Crippen LogP contribution in [0.2, 0.25) is 0 Å². The number of amides is 1. The predicted molar refractivity (Wildman–Crippen MR) is 136 cm³/mol. The highest BCUT2D eigenvalue weighted by Gasteiger charge is 2.25. The molecule has 1 aliphatic rings. The molecule has 2 aromatic carbocycles. The average molecular weight is 468 g/mol. The molecule has 0 bridgehead atoms. The molecular weight excluding hydrogens is 430 g/mol. The summed E-state index contributed by atoms with van der Waals surface area (Å²) in [4.78, 5) is 14.3. The van der Waals surface area contributed by atoms with E-state index in [1.54, 1.807) is 7.11 Å². The van der Waals surface area contributed by atoms with Gasteiger partial charge in [0, 0.05) is 32.3 Å². The average Bonchev–Trinajstić information content (AvgIpc) is 3.23. The number of carbonyl (C=O) groups excluding carboxylic acids is 1. The van der Waals surface area contributed by atoms with Gasteiger partial charge >= 0.3 is 0 Å². The number of nitrogens with two attached hydrogens (primary N) is 1. The number of allylic oxidation sites excluding steroid dienone is 1. The number of hydrogen-bond donors (Lipinski definition) is 3. The van der Waals surface area contributed by atoms with Crippen molar-refractivity contribution >= 4 is 11.6 Å². The third-order valence-electron chi connectivity index (χ3n) is 6.07. The number of aliphatic hydroxyl groups is 1. The lowest BCUT2D eigenvalue weighted by molar-refractivity contribution is 0.100. The summed E-state index contributed by atoms with van der Waals surface area (Å²) in [5.41, 5.74) is 10.6. The SMILES string of the molecule is C=CCc1ccc(OCCN[C@H](C)Cc2cc3c(c(C(N)=O)c2)N(CCCO)CC3)c(OC)c1. The van der Waals surface area contributed by atoms with Gasteiger partial charge in [-0.1, -0.05) is 18.2 Å². The van der Waals surface area contributed by atoms with Gasteiger partial charge in [0.1, 0.15) is 6.61 Å². The van der Waals surface area contributed by atoms with Gasteiger partial charge in [-0.15, -0.1) is 6.58 Å². The summed E-state index contributed by atoms with van der Waals surface area (Å²) >= 11 is 0. The normalized spacial score (nSPS) is 13.4. The molecule has 1 atom stereocenters. The van der Waals surface area contributed by atoms with Crippen LogP contribution in [0.4, 0.5) is 5.69 Å². The Morgan fingerprint density at radius 1 is 1.29 bits per heavy atom. The molecule has 7 nitrogen and oxygen atoms in total. The monoisotopic (exact) mass is 467 g/mol. The molecule has 0 saturated carbocycles. The lowest BCUT2D eigenvalue weighted by atomic mass is 9.98. The summed E-state index contributed by atoms with van der Waals surface area (Å²) in [7, 11) is 1.64. The van der Waals surface area contributed by atoms with Crippen LogP contribution in [-0.4, -0.2) is 57.0 Å². The Bertz CT molecular complexity index is 992. The number of anilines is 1. The van der Waals surface area contributed by atoms with Gasteiger partial charge in [-0.3, -0.25) is 4.79 Å². The van der Waals surface area contributed by atoms with Crippen molar-refractivity contribution in [1.82, 2.24) is 5.32 Å². The summed E-state index contributed by atoms with van der Waals surface area (Å²) in [5.74, 6) is 1.04. The number of aliphatic hydroxyl groups excluding tert-OH is 1. The summed E-state index contributed by atoms with van der Waals surface area (Å²) < 4.78 is 11.4. The van der Waals surface area contributed by atoms with E-state index >= 15 is 0 Å². The van der Waals surface area contributed by atoms with Crippen molar-refractivity contribution in [2.45, 2.75) is 38.6 Å². The van der Waals surface area contributed by atoms with E-state index in [-0.39, 0.29) is 12.6 Å². The van der Waals surface area contributed by atoms with Crippen LogP contribution in [0.3, 0.4) is 0 Å². The van der Waals surface area contributed by atoms with Crippen LogP contribution < -0.4 is 25.4 Å². The van der Waals surface area contributed by atoms with Crippen LogP contribution in [0.15, 0.2) is 43.0 Å². The Labute approximate surface area is 202 Å². The number of primary amides is 1. The highest BCUT2D eigenvalue weighted by molar-refractivity contribution is 6.00. The van der Waals surface area contributed by atoms with Gasteiger partial charge in [0.15, 0.2) is 11.5 Å². The summed E-state index contributed by atoms with van der Waals surface area (Å²) in [5, 5.41) is 12.7. The number of methoxy groups -OCH3 is 1. The maximum absolute atomic E-state index is 12.2. The van der Waals surface area contributed by atoms with Crippen LogP contribution in [0.1, 0.15) is 40.4 Å². The standard InChI is InChI=1S/C27H37N3O4/c1-4-6-20-7-8-24(25(18-20)33-3)34-14-10-29-19(2)15-21-16-22-9-12-30(11-5-13-31)26(22)23(17-21)27(28)32/h4,7-8,16-19,29,31H,1,5-6,9-15H2,2-3H3,(H2,28,32)/t19-/m1/s1. The fourth-order valence-corrected chi connectivity index (χ4v) is 4.50. The second kappa shape index (κ2) is 12.4. The number of ether oxygens (including phenoxy) is 2. The molecule has 0 spiro atoms. The lowest BCUT2D eigenvalue weighted by Gasteiger charge is -2.22. The Hall–Kier alpha value is -3.03. The first-order chi connectivity index (χ1) is 16.5. The number of rotatable bonds is 14. The minimum atomic E-state index is -0.406. The largest absolute Gasteiger partial charge is 0.493 e. The topological polar surface area (TPSA) is 97.0 Å². The van der Waals surface area contributed by atoms with Gasteiger partial charge in [0.25, 0.3) is 5.91 Å². The Kier molecular flexibility index (Phi) is 9.36. The van der Waals surface area contributed by atoms with E-state index in [0.29, 0.717) is 25.1 Å². The van der Waals surface area contributed by atoms with Crippen molar-refractivity contribution in [2.75, 3.05) is 44.9 Å². The molecule has 1 aliphatic heterocycles. The van der Waals surface area contributed by atoms with E-state index in [9.17, 15) is 4.79 Å². The quantitative estimate of drug-likeness (QED) is 0.292. The number of fused-ring (bicyclic) bond motifs is 1. The molecule has 0 unspecified atom stereocenters. The molecule has 0 aliphatic carbocycles. The lowest BCUT2D eigenvalue weighted by Crippen LogP contribution is -2.32. The van der Waals surface area contributed by atoms with Crippen LogP contribution >= 0.6 is 0 Å². The Balaban J connectivity index is 1.55. The summed E-state index contributed by atoms with van der Waals surface area (Å²) in [6.07, 6.45) is 4.99. The van der Waals surface area contributed by atoms with E-state index in [2.05, 4.69) is 29.8 Å². The molecule has 0 radical (unpaired) electrons. The van der Waals surface area contributed by atoms with Crippen LogP contribution in [0.5, 0.6) is 11.5 Å². The van der Waals surface area contributed by atoms with E-state index in [4.69, 9.17) is 20.3 Å². The Morgan fingerprint density at radius 3 is 2.82 bits per heavy atom. The molecule has 2 aromatic rings. The first kappa shape index (κ1) is 25.6. The van der Waals surface area contributed by atoms with Gasteiger partial charge < -0.3 is 30.5 Å². The second-order valence-corrected chi connectivity index (χ2v) is 8.72. The van der Waals surface area contributed by atoms with Gasteiger partial charge in [-0.25, -0.2) is 0 Å². The van der Waals surface area contributed by atoms with Crippen molar-refractivity contribution in [3.05, 3.63) is 65.2 Å². The summed E-state index contributed by atoms with van der Waals surface area (Å²) in [6.45, 7) is 8.80. The zero-order valence-corrected chi connectivity index (χ0v) is 20.3. The van der Waals surface area contributed by atoms with Crippen LogP contribution in [-0.2, 0) is 19.3 Å². The minimum Gasteiger partial charge on any atom is -0.493 e. The molecular formula is C27H37N3O4. The van der Waals surface area contributed by atoms with Crippen LogP contribution in [0, 0.1) is 0 Å². The molecule has 7 heteroatoms. The molecule has 4 N–H and O–H groups in total. The van der Waals surface area contributed by atoms with Gasteiger partial charge in [0.2, 0.25) is 0 Å². The van der Waals surface area contributed by atoms with Crippen molar-refractivity contribution in [3.8, 4) is 11.5 Å². The summed E-state index contributed by atoms with van der Waals surface area (Å²) in [6, 6.07) is 10.2. The molecule has 34 heavy (non-hydrogen) atoms. The molecule has 3 rings (SSSR count). The first-order valence-corrected chi connectivity index (χ1v) is 11.9. The highest BCUT2D eigenvalue weighted by atomic mass is 16.5. The van der Waals surface area contributed by atoms with E-state index in [1.165, 1.54) is 0 Å². The maximum atomic E-state index is 12.2. The first-order valence-electron chi connectivity index (χ1n) is 11.9. The molecule has 0 saturated heterocycles. The van der Waals surface area contributed by atoms with E-state index < -0.39 is 5.91 Å². The zero-order valence-electron chi connectivity index (χ0n) is 20.3. The van der Waals surface area contributed by atoms with Gasteiger partial charge in [-0.2, -0.15) is 0 Å². The smallest absolute Gasteiger partial charge is 0.250 e. The maximum Gasteiger partial charge on any atom is 0.250 e. The van der Waals surface area contributed by atoms with Gasteiger partial charge in [-0.05, 0) is 67.5 Å². The van der Waals surface area contributed by atoms with Crippen molar-refractivity contribution in [2.24, 2.45) is 5.73 Å². The predicted octanol–water partition coefficient (Wildman–Crippen LogP) is 2.87. The fourth-order valence-electron chi connectivity index (χ4n) is 4.50. The second-order valence-electron chi connectivity index (χ2n) is 8.72. The number of nitrogens with one attached hydrogen (secondary N) is 1. The number of nitrogens with zero attached hydrogens (tertiary/aromatic N) is 1. The third kappa shape index (κ3) is 6.52. The highest BCUT2D eigenvalue weighted by Crippen LogP contribution is 2.33. The molecule has 1 amide bonds. The van der Waals surface area contributed by atoms with Crippen molar-refractivity contribution in [1.29, 1.82) is 0 Å². The molecule has 0 fully saturated rings. The minimum absolute atomic E-state index is 0.135. The number of hydrogen-bond acceptors (Lipinski definition) is 6. The number of carbonyl (C=O) groups is 1. The van der Waals surface area contributed by atoms with E-state index in [1.807, 2.05) is 30.3 Å². The molecule has 0 aromatic heterocycles. The fraction of sp³-hybridized carbons (Fsp3) is 0.444. The van der Waals surface area contributed by atoms with Gasteiger partial charge in [0.05, 0.1) is 18.4 Å². The third-order valence-corrected chi connectivity index (χ3v) is 6.07.